The molecule has 4 nitrogen and oxygen atoms in total. The number of hydrogen-bond donors (Lipinski definition) is 1. The van der Waals surface area contributed by atoms with Crippen LogP contribution in [0, 0.1) is 13.8 Å². The highest BCUT2D eigenvalue weighted by Crippen LogP contribution is 2.25. The molecule has 3 rings (SSSR count). The minimum atomic E-state index is 0. The van der Waals surface area contributed by atoms with Crippen molar-refractivity contribution in [1.82, 2.24) is 14.8 Å². The van der Waals surface area contributed by atoms with Crippen LogP contribution in [0.2, 0.25) is 5.02 Å². The van der Waals surface area contributed by atoms with E-state index in [0.29, 0.717) is 11.1 Å². The molecule has 2 heterocycles. The topological polar surface area (TPSA) is 37.3 Å². The van der Waals surface area contributed by atoms with E-state index < -0.39 is 0 Å². The summed E-state index contributed by atoms with van der Waals surface area (Å²) in [6, 6.07) is 10.0. The van der Waals surface area contributed by atoms with E-state index in [2.05, 4.69) is 9.88 Å². The fraction of sp³-hybridized carbons (Fsp3) is 0.421. The molecule has 1 N–H and O–H groups in total. The molecule has 0 aliphatic carbocycles. The molecule has 0 radical (unpaired) electrons. The van der Waals surface area contributed by atoms with Crippen molar-refractivity contribution in [2.24, 2.45) is 0 Å². The molecule has 1 fully saturated rings. The van der Waals surface area contributed by atoms with Gasteiger partial charge in [0.05, 0.1) is 5.56 Å². The predicted octanol–water partition coefficient (Wildman–Crippen LogP) is 3.99. The minimum Gasteiger partial charge on any atom is -0.339 e. The fourth-order valence-electron chi connectivity index (χ4n) is 3.54. The van der Waals surface area contributed by atoms with Gasteiger partial charge in [-0.05, 0) is 64.0 Å². The molecule has 1 aromatic carbocycles. The van der Waals surface area contributed by atoms with Crippen molar-refractivity contribution in [2.75, 3.05) is 20.1 Å². The Morgan fingerprint density at radius 1 is 1.24 bits per heavy atom. The van der Waals surface area contributed by atoms with Crippen molar-refractivity contribution in [3.8, 4) is 5.69 Å². The molecule has 0 spiro atoms. The number of carbonyl (C=O) groups excluding carboxylic acids is 1. The van der Waals surface area contributed by atoms with Gasteiger partial charge in [-0.25, -0.2) is 0 Å². The maximum Gasteiger partial charge on any atom is 0.255 e. The lowest BCUT2D eigenvalue weighted by molar-refractivity contribution is 0.0702. The second-order valence-electron chi connectivity index (χ2n) is 6.50. The van der Waals surface area contributed by atoms with Crippen molar-refractivity contribution in [3.05, 3.63) is 52.3 Å². The van der Waals surface area contributed by atoms with E-state index in [1.165, 1.54) is 0 Å². The Kier molecular flexibility index (Phi) is 6.55. The van der Waals surface area contributed by atoms with Gasteiger partial charge >= 0.3 is 0 Å². The number of nitrogens with one attached hydrogen (secondary N) is 1. The summed E-state index contributed by atoms with van der Waals surface area (Å²) >= 11 is 6.13. The number of nitrogens with zero attached hydrogens (tertiary/aromatic N) is 2. The summed E-state index contributed by atoms with van der Waals surface area (Å²) < 4.78 is 2.09. The highest BCUT2D eigenvalue weighted by atomic mass is 35.5. The zero-order chi connectivity index (χ0) is 17.3. The Hall–Kier alpha value is -1.49. The Balaban J connectivity index is 0.00000225. The van der Waals surface area contributed by atoms with Gasteiger partial charge in [-0.2, -0.15) is 0 Å². The quantitative estimate of drug-likeness (QED) is 0.872. The van der Waals surface area contributed by atoms with Gasteiger partial charge in [0.25, 0.3) is 5.91 Å². The molecular weight excluding hydrogens is 357 g/mol. The molecule has 1 aromatic heterocycles. The average Bonchev–Trinajstić information content (AvgIpc) is 2.89. The van der Waals surface area contributed by atoms with Gasteiger partial charge in [0.1, 0.15) is 0 Å². The number of benzene rings is 1. The van der Waals surface area contributed by atoms with Crippen LogP contribution >= 0.6 is 24.0 Å². The third-order valence-corrected chi connectivity index (χ3v) is 5.14. The molecule has 25 heavy (non-hydrogen) atoms. The highest BCUT2D eigenvalue weighted by molar-refractivity contribution is 6.30. The zero-order valence-electron chi connectivity index (χ0n) is 14.9. The molecule has 1 amide bonds. The third kappa shape index (κ3) is 4.02. The summed E-state index contributed by atoms with van der Waals surface area (Å²) in [6.45, 7) is 5.97. The minimum absolute atomic E-state index is 0. The van der Waals surface area contributed by atoms with E-state index in [1.54, 1.807) is 0 Å². The maximum atomic E-state index is 13.0. The average molecular weight is 382 g/mol. The van der Waals surface area contributed by atoms with Gasteiger partial charge in [0, 0.05) is 35.2 Å². The largest absolute Gasteiger partial charge is 0.339 e. The Labute approximate surface area is 160 Å². The van der Waals surface area contributed by atoms with Gasteiger partial charge < -0.3 is 14.8 Å². The first-order valence-electron chi connectivity index (χ1n) is 8.42. The second-order valence-corrected chi connectivity index (χ2v) is 6.93. The first-order valence-corrected chi connectivity index (χ1v) is 8.79. The molecule has 0 atom stereocenters. The number of aryl methyl sites for hydroxylation is 1. The number of rotatable bonds is 3. The van der Waals surface area contributed by atoms with Gasteiger partial charge in [0.15, 0.2) is 0 Å². The molecule has 0 saturated carbocycles. The van der Waals surface area contributed by atoms with Crippen LogP contribution in [0.15, 0.2) is 30.3 Å². The summed E-state index contributed by atoms with van der Waals surface area (Å²) in [5.74, 6) is 0.100. The SMILES string of the molecule is Cc1cc(C(=O)N(C)C2CCNCC2)c(C)n1-c1cccc(Cl)c1.Cl. The van der Waals surface area contributed by atoms with Crippen LogP contribution in [0.5, 0.6) is 0 Å². The van der Waals surface area contributed by atoms with Crippen molar-refractivity contribution in [3.63, 3.8) is 0 Å². The van der Waals surface area contributed by atoms with Crippen molar-refractivity contribution < 1.29 is 4.79 Å². The first kappa shape index (κ1) is 19.8. The molecule has 1 aliphatic rings. The Bertz CT molecular complexity index is 751. The molecule has 0 unspecified atom stereocenters. The van der Waals surface area contributed by atoms with Crippen LogP contribution in [0.1, 0.15) is 34.6 Å². The lowest BCUT2D eigenvalue weighted by atomic mass is 10.0. The van der Waals surface area contributed by atoms with Crippen LogP contribution in [0.25, 0.3) is 5.69 Å². The summed E-state index contributed by atoms with van der Waals surface area (Å²) in [4.78, 5) is 14.9. The molecule has 136 valence electrons. The van der Waals surface area contributed by atoms with E-state index in [4.69, 9.17) is 11.6 Å². The van der Waals surface area contributed by atoms with Crippen LogP contribution in [0.3, 0.4) is 0 Å². The van der Waals surface area contributed by atoms with Crippen LogP contribution in [-0.4, -0.2) is 41.6 Å². The van der Waals surface area contributed by atoms with E-state index >= 15 is 0 Å². The lowest BCUT2D eigenvalue weighted by Gasteiger charge is -2.31. The van der Waals surface area contributed by atoms with E-state index in [9.17, 15) is 4.79 Å². The Morgan fingerprint density at radius 2 is 1.92 bits per heavy atom. The molecular formula is C19H25Cl2N3O. The number of amides is 1. The van der Waals surface area contributed by atoms with E-state index in [0.717, 1.165) is 48.6 Å². The number of aromatic nitrogens is 1. The molecule has 2 aromatic rings. The number of piperidine rings is 1. The van der Waals surface area contributed by atoms with Crippen LogP contribution < -0.4 is 5.32 Å². The van der Waals surface area contributed by atoms with Crippen molar-refractivity contribution in [2.45, 2.75) is 32.7 Å². The molecule has 1 saturated heterocycles. The van der Waals surface area contributed by atoms with Gasteiger partial charge in [0.2, 0.25) is 0 Å². The van der Waals surface area contributed by atoms with Crippen LogP contribution in [-0.2, 0) is 0 Å². The maximum absolute atomic E-state index is 13.0. The lowest BCUT2D eigenvalue weighted by Crippen LogP contribution is -2.44. The number of hydrogen-bond acceptors (Lipinski definition) is 2. The smallest absolute Gasteiger partial charge is 0.255 e. The second kappa shape index (κ2) is 8.26. The van der Waals surface area contributed by atoms with E-state index in [1.807, 2.05) is 56.1 Å². The Morgan fingerprint density at radius 3 is 2.56 bits per heavy atom. The summed E-state index contributed by atoms with van der Waals surface area (Å²) in [5, 5.41) is 4.04. The van der Waals surface area contributed by atoms with Gasteiger partial charge in [-0.15, -0.1) is 12.4 Å². The van der Waals surface area contributed by atoms with Gasteiger partial charge in [-0.3, -0.25) is 4.79 Å². The third-order valence-electron chi connectivity index (χ3n) is 4.90. The van der Waals surface area contributed by atoms with Crippen molar-refractivity contribution in [1.29, 1.82) is 0 Å². The fourth-order valence-corrected chi connectivity index (χ4v) is 3.73. The molecule has 1 aliphatic heterocycles. The monoisotopic (exact) mass is 381 g/mol. The highest BCUT2D eigenvalue weighted by Gasteiger charge is 2.25. The zero-order valence-corrected chi connectivity index (χ0v) is 16.5. The van der Waals surface area contributed by atoms with Crippen LogP contribution in [0.4, 0.5) is 0 Å². The van der Waals surface area contributed by atoms with E-state index in [-0.39, 0.29) is 18.3 Å². The number of halogens is 2. The summed E-state index contributed by atoms with van der Waals surface area (Å²) in [6.07, 6.45) is 2.02. The summed E-state index contributed by atoms with van der Waals surface area (Å²) in [5.41, 5.74) is 3.76. The summed E-state index contributed by atoms with van der Waals surface area (Å²) in [7, 11) is 1.92. The normalized spacial score (nSPS) is 14.9. The standard InChI is InChI=1S/C19H24ClN3O.ClH/c1-13-11-18(19(24)22(3)16-7-9-21-10-8-16)14(2)23(13)17-6-4-5-15(20)12-17;/h4-6,11-12,16,21H,7-10H2,1-3H3;1H. The first-order chi connectivity index (χ1) is 11.5. The molecule has 6 heteroatoms. The van der Waals surface area contributed by atoms with Crippen molar-refractivity contribution >= 4 is 29.9 Å². The molecule has 0 bridgehead atoms. The predicted molar refractivity (Wildman–Crippen MR) is 105 cm³/mol. The number of carbonyl (C=O) groups is 1. The van der Waals surface area contributed by atoms with Gasteiger partial charge in [-0.1, -0.05) is 17.7 Å².